The molecular formula is C20H41O2P. The summed E-state index contributed by atoms with van der Waals surface area (Å²) in [6, 6.07) is 0. The van der Waals surface area contributed by atoms with Crippen molar-refractivity contribution in [1.82, 2.24) is 0 Å². The summed E-state index contributed by atoms with van der Waals surface area (Å²) in [5, 5.41) is 0. The molecule has 0 saturated carbocycles. The van der Waals surface area contributed by atoms with Crippen LogP contribution in [0, 0.1) is 0 Å². The summed E-state index contributed by atoms with van der Waals surface area (Å²) in [7, 11) is -2.77. The van der Waals surface area contributed by atoms with Crippen LogP contribution >= 0.6 is 7.37 Å². The first-order valence-electron chi connectivity index (χ1n) is 10.1. The number of unbranched alkanes of at least 4 members (excludes halogenated alkanes) is 12. The van der Waals surface area contributed by atoms with E-state index in [4.69, 9.17) is 0 Å². The molecule has 23 heavy (non-hydrogen) atoms. The van der Waals surface area contributed by atoms with Crippen molar-refractivity contribution < 1.29 is 9.46 Å². The molecule has 0 heterocycles. The maximum Gasteiger partial charge on any atom is 0.200 e. The second-order valence-corrected chi connectivity index (χ2v) is 9.60. The lowest BCUT2D eigenvalue weighted by molar-refractivity contribution is 0.475. The largest absolute Gasteiger partial charge is 0.344 e. The van der Waals surface area contributed by atoms with Crippen molar-refractivity contribution in [2.75, 3.05) is 12.3 Å². The molecule has 2 nitrogen and oxygen atoms in total. The molecule has 0 aliphatic rings. The smallest absolute Gasteiger partial charge is 0.200 e. The number of hydrogen-bond acceptors (Lipinski definition) is 1. The molecule has 0 spiro atoms. The molecule has 0 aliphatic carbocycles. The Labute approximate surface area is 145 Å². The van der Waals surface area contributed by atoms with E-state index < -0.39 is 7.37 Å². The van der Waals surface area contributed by atoms with Gasteiger partial charge in [-0.3, -0.25) is 4.57 Å². The van der Waals surface area contributed by atoms with Crippen LogP contribution in [0.3, 0.4) is 0 Å². The summed E-state index contributed by atoms with van der Waals surface area (Å²) in [6.45, 7) is 4.07. The summed E-state index contributed by atoms with van der Waals surface area (Å²) in [5.74, 6) is 0. The second-order valence-electron chi connectivity index (χ2n) is 6.82. The zero-order chi connectivity index (χ0) is 17.2. The lowest BCUT2D eigenvalue weighted by Gasteiger charge is -2.07. The predicted octanol–water partition coefficient (Wildman–Crippen LogP) is 7.31. The van der Waals surface area contributed by atoms with E-state index in [0.717, 1.165) is 12.8 Å². The lowest BCUT2D eigenvalue weighted by atomic mass is 10.1. The van der Waals surface area contributed by atoms with E-state index in [1.165, 1.54) is 77.0 Å². The van der Waals surface area contributed by atoms with Gasteiger partial charge in [-0.05, 0) is 32.1 Å². The van der Waals surface area contributed by atoms with Gasteiger partial charge >= 0.3 is 0 Å². The minimum Gasteiger partial charge on any atom is -0.344 e. The maximum absolute atomic E-state index is 11.5. The Bertz CT molecular complexity index is 313. The van der Waals surface area contributed by atoms with Crippen LogP contribution in [-0.4, -0.2) is 17.2 Å². The Balaban J connectivity index is 3.18. The summed E-state index contributed by atoms with van der Waals surface area (Å²) < 4.78 is 11.5. The van der Waals surface area contributed by atoms with Gasteiger partial charge in [-0.1, -0.05) is 83.8 Å². The average molecular weight is 345 g/mol. The molecule has 1 N–H and O–H groups in total. The number of allylic oxidation sites excluding steroid dienone is 2. The molecule has 0 aromatic heterocycles. The third-order valence-electron chi connectivity index (χ3n) is 4.51. The van der Waals surface area contributed by atoms with E-state index in [1.54, 1.807) is 6.92 Å². The van der Waals surface area contributed by atoms with Gasteiger partial charge in [0.1, 0.15) is 0 Å². The normalized spacial score (nSPS) is 14.4. The van der Waals surface area contributed by atoms with Crippen LogP contribution in [0.1, 0.15) is 104 Å². The van der Waals surface area contributed by atoms with Gasteiger partial charge in [-0.25, -0.2) is 0 Å². The molecule has 0 rings (SSSR count). The van der Waals surface area contributed by atoms with Crippen LogP contribution in [0.5, 0.6) is 0 Å². The molecule has 138 valence electrons. The predicted molar refractivity (Wildman–Crippen MR) is 105 cm³/mol. The fourth-order valence-electron chi connectivity index (χ4n) is 2.76. The molecule has 0 saturated heterocycles. The third kappa shape index (κ3) is 18.1. The fourth-order valence-corrected chi connectivity index (χ4v) is 3.80. The first-order valence-corrected chi connectivity index (χ1v) is 12.1. The highest BCUT2D eigenvalue weighted by atomic mass is 31.2. The van der Waals surface area contributed by atoms with Crippen molar-refractivity contribution >= 4 is 7.37 Å². The van der Waals surface area contributed by atoms with E-state index in [-0.39, 0.29) is 0 Å². The van der Waals surface area contributed by atoms with Crippen LogP contribution in [0.2, 0.25) is 0 Å². The molecule has 3 heteroatoms. The SMILES string of the molecule is CCCCCCCC/C=C\CCCCCCCCP(=O)(O)CC. The molecule has 0 radical (unpaired) electrons. The third-order valence-corrected chi connectivity index (χ3v) is 6.52. The maximum atomic E-state index is 11.5. The highest BCUT2D eigenvalue weighted by Crippen LogP contribution is 2.40. The Morgan fingerprint density at radius 2 is 1.13 bits per heavy atom. The van der Waals surface area contributed by atoms with Crippen LogP contribution in [0.25, 0.3) is 0 Å². The summed E-state index contributed by atoms with van der Waals surface area (Å²) in [4.78, 5) is 9.49. The molecular weight excluding hydrogens is 303 g/mol. The number of hydrogen-bond donors (Lipinski definition) is 1. The summed E-state index contributed by atoms with van der Waals surface area (Å²) >= 11 is 0. The van der Waals surface area contributed by atoms with Gasteiger partial charge < -0.3 is 4.89 Å². The van der Waals surface area contributed by atoms with Gasteiger partial charge in [0.15, 0.2) is 7.37 Å². The fraction of sp³-hybridized carbons (Fsp3) is 0.900. The zero-order valence-corrected chi connectivity index (χ0v) is 16.7. The zero-order valence-electron chi connectivity index (χ0n) is 15.8. The van der Waals surface area contributed by atoms with Crippen LogP contribution in [-0.2, 0) is 4.57 Å². The van der Waals surface area contributed by atoms with E-state index in [0.29, 0.717) is 12.3 Å². The monoisotopic (exact) mass is 344 g/mol. The molecule has 1 atom stereocenters. The van der Waals surface area contributed by atoms with E-state index in [2.05, 4.69) is 19.1 Å². The van der Waals surface area contributed by atoms with Crippen molar-refractivity contribution in [3.05, 3.63) is 12.2 Å². The van der Waals surface area contributed by atoms with Gasteiger partial charge in [0.2, 0.25) is 0 Å². The van der Waals surface area contributed by atoms with Gasteiger partial charge in [0.05, 0.1) is 0 Å². The lowest BCUT2D eigenvalue weighted by Crippen LogP contribution is -1.91. The van der Waals surface area contributed by atoms with Crippen LogP contribution in [0.4, 0.5) is 0 Å². The standard InChI is InChI=1S/C20H41O2P/c1-3-5-6-7-8-9-10-11-12-13-14-15-16-17-18-19-20-23(21,22)4-2/h11-12H,3-10,13-20H2,1-2H3,(H,21,22)/b12-11-. The Hall–Kier alpha value is -0.0700. The Morgan fingerprint density at radius 3 is 1.61 bits per heavy atom. The van der Waals surface area contributed by atoms with Crippen molar-refractivity contribution in [2.24, 2.45) is 0 Å². The molecule has 0 aliphatic heterocycles. The first-order chi connectivity index (χ1) is 11.1. The van der Waals surface area contributed by atoms with Crippen LogP contribution < -0.4 is 0 Å². The number of rotatable bonds is 17. The van der Waals surface area contributed by atoms with E-state index in [9.17, 15) is 9.46 Å². The van der Waals surface area contributed by atoms with E-state index >= 15 is 0 Å². The summed E-state index contributed by atoms with van der Waals surface area (Å²) in [6.07, 6.45) is 23.5. The van der Waals surface area contributed by atoms with Crippen molar-refractivity contribution in [1.29, 1.82) is 0 Å². The molecule has 0 fully saturated rings. The highest BCUT2D eigenvalue weighted by molar-refractivity contribution is 7.57. The molecule has 1 unspecified atom stereocenters. The van der Waals surface area contributed by atoms with Gasteiger partial charge in [0, 0.05) is 12.3 Å². The highest BCUT2D eigenvalue weighted by Gasteiger charge is 2.13. The average Bonchev–Trinajstić information content (AvgIpc) is 2.54. The van der Waals surface area contributed by atoms with Gasteiger partial charge in [0.25, 0.3) is 0 Å². The Kier molecular flexibility index (Phi) is 16.7. The topological polar surface area (TPSA) is 37.3 Å². The van der Waals surface area contributed by atoms with Crippen LogP contribution in [0.15, 0.2) is 12.2 Å². The second kappa shape index (κ2) is 16.8. The van der Waals surface area contributed by atoms with Gasteiger partial charge in [-0.2, -0.15) is 0 Å². The van der Waals surface area contributed by atoms with Crippen molar-refractivity contribution in [3.8, 4) is 0 Å². The Morgan fingerprint density at radius 1 is 0.696 bits per heavy atom. The molecule has 0 aromatic rings. The molecule has 0 bridgehead atoms. The molecule has 0 aromatic carbocycles. The van der Waals surface area contributed by atoms with E-state index in [1.807, 2.05) is 0 Å². The minimum atomic E-state index is -2.77. The quantitative estimate of drug-likeness (QED) is 0.170. The summed E-state index contributed by atoms with van der Waals surface area (Å²) in [5.41, 5.74) is 0. The minimum absolute atomic E-state index is 0.429. The van der Waals surface area contributed by atoms with Crippen molar-refractivity contribution in [3.63, 3.8) is 0 Å². The van der Waals surface area contributed by atoms with Gasteiger partial charge in [-0.15, -0.1) is 0 Å². The molecule has 0 amide bonds. The first kappa shape index (κ1) is 22.9. The van der Waals surface area contributed by atoms with Crippen molar-refractivity contribution in [2.45, 2.75) is 104 Å².